The normalized spacial score (nSPS) is 10.6. The molecule has 1 heterocycles. The highest BCUT2D eigenvalue weighted by molar-refractivity contribution is 14.1. The fourth-order valence-electron chi connectivity index (χ4n) is 2.43. The van der Waals surface area contributed by atoms with E-state index in [1.54, 1.807) is 11.7 Å². The summed E-state index contributed by atoms with van der Waals surface area (Å²) in [6.45, 7) is 1.91. The monoisotopic (exact) mass is 452 g/mol. The number of anilines is 2. The SMILES string of the molecule is Cc1cc(I)ccc1Nc1cc(F)c(-n2ccnc2)cc1C(=O)NO. The van der Waals surface area contributed by atoms with Crippen molar-refractivity contribution < 1.29 is 14.4 Å². The second-order valence-corrected chi connectivity index (χ2v) is 6.59. The maximum atomic E-state index is 14.5. The molecular formula is C17H14FIN4O2. The number of amides is 1. The predicted molar refractivity (Wildman–Crippen MR) is 100.0 cm³/mol. The van der Waals surface area contributed by atoms with Crippen LogP contribution in [-0.4, -0.2) is 20.7 Å². The Hall–Kier alpha value is -2.46. The summed E-state index contributed by atoms with van der Waals surface area (Å²) >= 11 is 2.20. The van der Waals surface area contributed by atoms with E-state index >= 15 is 0 Å². The van der Waals surface area contributed by atoms with Gasteiger partial charge in [-0.05, 0) is 59.3 Å². The average molecular weight is 452 g/mol. The van der Waals surface area contributed by atoms with Gasteiger partial charge in [0.2, 0.25) is 0 Å². The van der Waals surface area contributed by atoms with Gasteiger partial charge < -0.3 is 9.88 Å². The molecule has 0 bridgehead atoms. The molecule has 128 valence electrons. The first kappa shape index (κ1) is 17.4. The number of nitrogens with zero attached hydrogens (tertiary/aromatic N) is 2. The number of imidazole rings is 1. The number of nitrogens with one attached hydrogen (secondary N) is 2. The Balaban J connectivity index is 2.09. The molecule has 0 atom stereocenters. The quantitative estimate of drug-likeness (QED) is 0.320. The van der Waals surface area contributed by atoms with Crippen molar-refractivity contribution in [2.75, 3.05) is 5.32 Å². The minimum atomic E-state index is -0.743. The first-order valence-electron chi connectivity index (χ1n) is 7.29. The number of carbonyl (C=O) groups excluding carboxylic acids is 1. The highest BCUT2D eigenvalue weighted by Crippen LogP contribution is 2.28. The van der Waals surface area contributed by atoms with Gasteiger partial charge in [-0.25, -0.2) is 14.9 Å². The van der Waals surface area contributed by atoms with Gasteiger partial charge in [-0.2, -0.15) is 0 Å². The van der Waals surface area contributed by atoms with Crippen LogP contribution in [0.2, 0.25) is 0 Å². The number of hydroxylamine groups is 1. The van der Waals surface area contributed by atoms with Gasteiger partial charge in [0.05, 0.1) is 23.3 Å². The molecule has 6 nitrogen and oxygen atoms in total. The largest absolute Gasteiger partial charge is 0.355 e. The maximum Gasteiger partial charge on any atom is 0.276 e. The zero-order chi connectivity index (χ0) is 18.0. The number of carbonyl (C=O) groups is 1. The van der Waals surface area contributed by atoms with Crippen molar-refractivity contribution in [1.29, 1.82) is 0 Å². The van der Waals surface area contributed by atoms with Crippen molar-refractivity contribution in [2.45, 2.75) is 6.92 Å². The zero-order valence-corrected chi connectivity index (χ0v) is 15.3. The zero-order valence-electron chi connectivity index (χ0n) is 13.1. The van der Waals surface area contributed by atoms with Gasteiger partial charge in [-0.1, -0.05) is 0 Å². The molecular weight excluding hydrogens is 438 g/mol. The third-order valence-corrected chi connectivity index (χ3v) is 4.34. The summed E-state index contributed by atoms with van der Waals surface area (Å²) in [6.07, 6.45) is 4.50. The molecule has 2 aromatic carbocycles. The maximum absolute atomic E-state index is 14.5. The van der Waals surface area contributed by atoms with Crippen molar-refractivity contribution >= 4 is 39.9 Å². The molecule has 0 aliphatic rings. The summed E-state index contributed by atoms with van der Waals surface area (Å²) in [5, 5.41) is 12.1. The fourth-order valence-corrected chi connectivity index (χ4v) is 3.07. The van der Waals surface area contributed by atoms with Crippen LogP contribution in [0.4, 0.5) is 15.8 Å². The van der Waals surface area contributed by atoms with E-state index in [1.165, 1.54) is 29.2 Å². The molecule has 1 aromatic heterocycles. The molecule has 3 rings (SSSR count). The van der Waals surface area contributed by atoms with Crippen LogP contribution in [0.25, 0.3) is 5.69 Å². The van der Waals surface area contributed by atoms with Gasteiger partial charge in [0.25, 0.3) is 5.91 Å². The number of aromatic nitrogens is 2. The Morgan fingerprint density at radius 3 is 2.72 bits per heavy atom. The summed E-state index contributed by atoms with van der Waals surface area (Å²) in [5.41, 5.74) is 3.78. The van der Waals surface area contributed by atoms with Crippen molar-refractivity contribution in [2.24, 2.45) is 0 Å². The molecule has 8 heteroatoms. The molecule has 0 unspecified atom stereocenters. The molecule has 0 aliphatic carbocycles. The fraction of sp³-hybridized carbons (Fsp3) is 0.0588. The Kier molecular flexibility index (Phi) is 5.00. The molecule has 0 saturated heterocycles. The second kappa shape index (κ2) is 7.19. The van der Waals surface area contributed by atoms with Crippen LogP contribution in [0.15, 0.2) is 49.1 Å². The molecule has 0 spiro atoms. The standard InChI is InChI=1S/C17H14FIN4O2/c1-10-6-11(19)2-3-14(10)21-15-8-13(18)16(23-5-4-20-9-23)7-12(15)17(24)22-25/h2-9,21,25H,1H3,(H,22,24). The Bertz CT molecular complexity index is 929. The number of benzene rings is 2. The molecule has 25 heavy (non-hydrogen) atoms. The van der Waals surface area contributed by atoms with Crippen molar-refractivity contribution in [3.63, 3.8) is 0 Å². The minimum absolute atomic E-state index is 0.102. The van der Waals surface area contributed by atoms with E-state index in [4.69, 9.17) is 5.21 Å². The number of hydrogen-bond acceptors (Lipinski definition) is 4. The smallest absolute Gasteiger partial charge is 0.276 e. The Morgan fingerprint density at radius 2 is 2.08 bits per heavy atom. The molecule has 3 N–H and O–H groups in total. The Labute approximate surface area is 156 Å². The van der Waals surface area contributed by atoms with E-state index in [-0.39, 0.29) is 16.9 Å². The summed E-state index contributed by atoms with van der Waals surface area (Å²) in [6, 6.07) is 8.28. The highest BCUT2D eigenvalue weighted by Gasteiger charge is 2.17. The van der Waals surface area contributed by atoms with Crippen LogP contribution >= 0.6 is 22.6 Å². The summed E-state index contributed by atoms with van der Waals surface area (Å²) < 4.78 is 17.1. The van der Waals surface area contributed by atoms with Crippen molar-refractivity contribution in [3.05, 3.63) is 69.6 Å². The lowest BCUT2D eigenvalue weighted by atomic mass is 10.1. The number of halogens is 2. The van der Waals surface area contributed by atoms with Crippen LogP contribution in [0.3, 0.4) is 0 Å². The molecule has 0 fully saturated rings. The minimum Gasteiger partial charge on any atom is -0.355 e. The topological polar surface area (TPSA) is 79.2 Å². The van der Waals surface area contributed by atoms with Gasteiger partial charge in [0.15, 0.2) is 0 Å². The summed E-state index contributed by atoms with van der Waals surface area (Å²) in [7, 11) is 0. The lowest BCUT2D eigenvalue weighted by molar-refractivity contribution is 0.0707. The van der Waals surface area contributed by atoms with Crippen LogP contribution in [0.5, 0.6) is 0 Å². The van der Waals surface area contributed by atoms with E-state index in [2.05, 4.69) is 32.9 Å². The third kappa shape index (κ3) is 3.64. The lowest BCUT2D eigenvalue weighted by Crippen LogP contribution is -2.20. The summed E-state index contributed by atoms with van der Waals surface area (Å²) in [5.74, 6) is -1.27. The lowest BCUT2D eigenvalue weighted by Gasteiger charge is -2.15. The number of aryl methyl sites for hydroxylation is 1. The van der Waals surface area contributed by atoms with E-state index in [0.29, 0.717) is 0 Å². The number of rotatable bonds is 4. The van der Waals surface area contributed by atoms with E-state index in [1.807, 2.05) is 25.1 Å². The Morgan fingerprint density at radius 1 is 1.28 bits per heavy atom. The van der Waals surface area contributed by atoms with E-state index < -0.39 is 11.7 Å². The van der Waals surface area contributed by atoms with Crippen LogP contribution in [0, 0.1) is 16.3 Å². The van der Waals surface area contributed by atoms with Gasteiger partial charge in [0, 0.05) is 27.7 Å². The van der Waals surface area contributed by atoms with Gasteiger partial charge in [0.1, 0.15) is 5.82 Å². The van der Waals surface area contributed by atoms with E-state index in [9.17, 15) is 9.18 Å². The van der Waals surface area contributed by atoms with E-state index in [0.717, 1.165) is 14.8 Å². The highest BCUT2D eigenvalue weighted by atomic mass is 127. The molecule has 3 aromatic rings. The summed E-state index contributed by atoms with van der Waals surface area (Å²) in [4.78, 5) is 15.9. The first-order valence-corrected chi connectivity index (χ1v) is 8.37. The van der Waals surface area contributed by atoms with Crippen LogP contribution in [0.1, 0.15) is 15.9 Å². The van der Waals surface area contributed by atoms with Crippen LogP contribution < -0.4 is 10.8 Å². The number of hydrogen-bond donors (Lipinski definition) is 3. The average Bonchev–Trinajstić information content (AvgIpc) is 3.11. The predicted octanol–water partition coefficient (Wildman–Crippen LogP) is 3.79. The molecule has 0 aliphatic heterocycles. The molecule has 1 amide bonds. The van der Waals surface area contributed by atoms with Gasteiger partial charge in [-0.15, -0.1) is 0 Å². The first-order chi connectivity index (χ1) is 12.0. The van der Waals surface area contributed by atoms with Gasteiger partial charge in [-0.3, -0.25) is 10.0 Å². The molecule has 0 saturated carbocycles. The van der Waals surface area contributed by atoms with Crippen LogP contribution in [-0.2, 0) is 0 Å². The third-order valence-electron chi connectivity index (χ3n) is 3.67. The molecule has 0 radical (unpaired) electrons. The van der Waals surface area contributed by atoms with Crippen molar-refractivity contribution in [3.8, 4) is 5.69 Å². The van der Waals surface area contributed by atoms with Gasteiger partial charge >= 0.3 is 0 Å². The van der Waals surface area contributed by atoms with Crippen molar-refractivity contribution in [1.82, 2.24) is 15.0 Å². The second-order valence-electron chi connectivity index (χ2n) is 5.34.